The number of nitrogens with one attached hydrogen (secondary N) is 1. The molecule has 2 rings (SSSR count). The summed E-state index contributed by atoms with van der Waals surface area (Å²) in [7, 11) is 0. The van der Waals surface area contributed by atoms with Gasteiger partial charge in [0.05, 0.1) is 4.92 Å². The highest BCUT2D eigenvalue weighted by Gasteiger charge is 2.13. The first-order chi connectivity index (χ1) is 11.1. The third-order valence-electron chi connectivity index (χ3n) is 3.13. The van der Waals surface area contributed by atoms with E-state index in [-0.39, 0.29) is 24.6 Å². The van der Waals surface area contributed by atoms with Crippen molar-refractivity contribution in [1.82, 2.24) is 5.32 Å². The highest BCUT2D eigenvalue weighted by atomic mass is 16.6. The quantitative estimate of drug-likeness (QED) is 0.630. The number of carbonyl (C=O) groups excluding carboxylic acids is 1. The van der Waals surface area contributed by atoms with Crippen molar-refractivity contribution in [1.29, 1.82) is 0 Å². The van der Waals surface area contributed by atoms with Gasteiger partial charge < -0.3 is 15.2 Å². The van der Waals surface area contributed by atoms with E-state index in [4.69, 9.17) is 4.74 Å². The number of hydrogen-bond acceptors (Lipinski definition) is 5. The average Bonchev–Trinajstić information content (AvgIpc) is 2.55. The molecule has 0 heterocycles. The summed E-state index contributed by atoms with van der Waals surface area (Å²) < 4.78 is 5.05. The predicted octanol–water partition coefficient (Wildman–Crippen LogP) is 2.77. The van der Waals surface area contributed by atoms with Crippen molar-refractivity contribution in [3.63, 3.8) is 0 Å². The lowest BCUT2D eigenvalue weighted by Crippen LogP contribution is -2.26. The zero-order chi connectivity index (χ0) is 16.7. The third-order valence-corrected chi connectivity index (χ3v) is 3.13. The maximum Gasteiger partial charge on any atom is 0.407 e. The van der Waals surface area contributed by atoms with Gasteiger partial charge in [-0.25, -0.2) is 4.79 Å². The SMILES string of the molecule is O=C(NCCc1ccc(O)c([N+](=O)[O-])c1)OCc1ccccc1. The van der Waals surface area contributed by atoms with Gasteiger partial charge in [-0.2, -0.15) is 0 Å². The van der Waals surface area contributed by atoms with Crippen LogP contribution in [0.4, 0.5) is 10.5 Å². The molecule has 7 nitrogen and oxygen atoms in total. The second-order valence-electron chi connectivity index (χ2n) is 4.82. The van der Waals surface area contributed by atoms with Gasteiger partial charge in [-0.1, -0.05) is 36.4 Å². The number of nitrogens with zero attached hydrogens (tertiary/aromatic N) is 1. The molecule has 0 atom stereocenters. The van der Waals surface area contributed by atoms with Crippen LogP contribution in [0.5, 0.6) is 5.75 Å². The Morgan fingerprint density at radius 2 is 1.91 bits per heavy atom. The molecule has 0 aliphatic carbocycles. The molecule has 0 radical (unpaired) electrons. The van der Waals surface area contributed by atoms with Gasteiger partial charge >= 0.3 is 11.8 Å². The smallest absolute Gasteiger partial charge is 0.407 e. The second kappa shape index (κ2) is 7.79. The van der Waals surface area contributed by atoms with E-state index in [1.165, 1.54) is 12.1 Å². The first kappa shape index (κ1) is 16.3. The molecule has 0 aliphatic heterocycles. The molecule has 2 N–H and O–H groups in total. The number of nitro groups is 1. The van der Waals surface area contributed by atoms with E-state index in [0.29, 0.717) is 12.0 Å². The number of phenols is 1. The maximum absolute atomic E-state index is 11.6. The van der Waals surface area contributed by atoms with Gasteiger partial charge in [0.15, 0.2) is 5.75 Å². The molecule has 0 aromatic heterocycles. The Labute approximate surface area is 132 Å². The fraction of sp³-hybridized carbons (Fsp3) is 0.188. The summed E-state index contributed by atoms with van der Waals surface area (Å²) in [5.41, 5.74) is 1.17. The minimum atomic E-state index is -0.652. The molecule has 23 heavy (non-hydrogen) atoms. The molecule has 0 bridgehead atoms. The predicted molar refractivity (Wildman–Crippen MR) is 83.1 cm³/mol. The fourth-order valence-electron chi connectivity index (χ4n) is 1.95. The molecular formula is C16H16N2O5. The van der Waals surface area contributed by atoms with Crippen LogP contribution in [-0.2, 0) is 17.8 Å². The molecule has 0 spiro atoms. The summed E-state index contributed by atoms with van der Waals surface area (Å²) in [5, 5.41) is 22.7. The Morgan fingerprint density at radius 3 is 2.61 bits per heavy atom. The number of amides is 1. The van der Waals surface area contributed by atoms with Crippen molar-refractivity contribution < 1.29 is 19.6 Å². The van der Waals surface area contributed by atoms with Gasteiger partial charge in [0.2, 0.25) is 0 Å². The summed E-state index contributed by atoms with van der Waals surface area (Å²) in [6.45, 7) is 0.451. The molecule has 0 saturated carbocycles. The lowest BCUT2D eigenvalue weighted by molar-refractivity contribution is -0.385. The van der Waals surface area contributed by atoms with E-state index in [2.05, 4.69) is 5.32 Å². The van der Waals surface area contributed by atoms with Crippen LogP contribution in [0.25, 0.3) is 0 Å². The summed E-state index contributed by atoms with van der Waals surface area (Å²) in [6, 6.07) is 13.4. The summed E-state index contributed by atoms with van der Waals surface area (Å²) >= 11 is 0. The standard InChI is InChI=1S/C16H16N2O5/c19-15-7-6-12(10-14(15)18(21)22)8-9-17-16(20)23-11-13-4-2-1-3-5-13/h1-7,10,19H,8-9,11H2,(H,17,20). The lowest BCUT2D eigenvalue weighted by Gasteiger charge is -2.07. The largest absolute Gasteiger partial charge is 0.502 e. The van der Waals surface area contributed by atoms with Crippen molar-refractivity contribution in [2.75, 3.05) is 6.54 Å². The van der Waals surface area contributed by atoms with Crippen molar-refractivity contribution in [2.24, 2.45) is 0 Å². The Morgan fingerprint density at radius 1 is 1.17 bits per heavy atom. The normalized spacial score (nSPS) is 10.1. The number of carbonyl (C=O) groups is 1. The highest BCUT2D eigenvalue weighted by molar-refractivity contribution is 5.67. The second-order valence-corrected chi connectivity index (χ2v) is 4.82. The third kappa shape index (κ3) is 4.99. The molecule has 2 aromatic rings. The van der Waals surface area contributed by atoms with Crippen LogP contribution in [0.1, 0.15) is 11.1 Å². The van der Waals surface area contributed by atoms with Crippen molar-refractivity contribution in [3.05, 3.63) is 69.8 Å². The average molecular weight is 316 g/mol. The number of phenolic OH excluding ortho intramolecular Hbond substituents is 1. The Kier molecular flexibility index (Phi) is 5.51. The van der Waals surface area contributed by atoms with Crippen LogP contribution in [0.3, 0.4) is 0 Å². The number of rotatable bonds is 6. The molecule has 0 unspecified atom stereocenters. The maximum atomic E-state index is 11.6. The van der Waals surface area contributed by atoms with E-state index < -0.39 is 11.0 Å². The number of nitro benzene ring substituents is 1. The zero-order valence-corrected chi connectivity index (χ0v) is 12.3. The Balaban J connectivity index is 1.77. The Hall–Kier alpha value is -3.09. The van der Waals surface area contributed by atoms with Gasteiger partial charge in [-0.05, 0) is 23.6 Å². The monoisotopic (exact) mass is 316 g/mol. The number of aromatic hydroxyl groups is 1. The van der Waals surface area contributed by atoms with Crippen LogP contribution in [0.15, 0.2) is 48.5 Å². The number of ether oxygens (including phenoxy) is 1. The van der Waals surface area contributed by atoms with Crippen LogP contribution in [0, 0.1) is 10.1 Å². The van der Waals surface area contributed by atoms with Crippen LogP contribution >= 0.6 is 0 Å². The molecule has 0 saturated heterocycles. The highest BCUT2D eigenvalue weighted by Crippen LogP contribution is 2.26. The van der Waals surface area contributed by atoms with E-state index >= 15 is 0 Å². The van der Waals surface area contributed by atoms with E-state index in [1.807, 2.05) is 30.3 Å². The Bertz CT molecular complexity index is 688. The van der Waals surface area contributed by atoms with Crippen molar-refractivity contribution >= 4 is 11.8 Å². The minimum absolute atomic E-state index is 0.178. The molecular weight excluding hydrogens is 300 g/mol. The molecule has 1 amide bonds. The van der Waals surface area contributed by atoms with Gasteiger partial charge in [0.25, 0.3) is 0 Å². The van der Waals surface area contributed by atoms with Crippen LogP contribution in [-0.4, -0.2) is 22.7 Å². The molecule has 2 aromatic carbocycles. The van der Waals surface area contributed by atoms with Gasteiger partial charge in [0.1, 0.15) is 6.61 Å². The lowest BCUT2D eigenvalue weighted by atomic mass is 10.1. The van der Waals surface area contributed by atoms with E-state index in [0.717, 1.165) is 5.56 Å². The van der Waals surface area contributed by atoms with Crippen LogP contribution < -0.4 is 5.32 Å². The molecule has 120 valence electrons. The number of hydrogen-bond donors (Lipinski definition) is 2. The molecule has 0 aliphatic rings. The summed E-state index contributed by atoms with van der Waals surface area (Å²) in [4.78, 5) is 21.6. The first-order valence-corrected chi connectivity index (χ1v) is 6.97. The van der Waals surface area contributed by atoms with Gasteiger partial charge in [0, 0.05) is 12.6 Å². The fourth-order valence-corrected chi connectivity index (χ4v) is 1.95. The number of alkyl carbamates (subject to hydrolysis) is 1. The topological polar surface area (TPSA) is 102 Å². The first-order valence-electron chi connectivity index (χ1n) is 6.97. The van der Waals surface area contributed by atoms with E-state index in [1.54, 1.807) is 6.07 Å². The van der Waals surface area contributed by atoms with E-state index in [9.17, 15) is 20.0 Å². The minimum Gasteiger partial charge on any atom is -0.502 e. The zero-order valence-electron chi connectivity index (χ0n) is 12.3. The van der Waals surface area contributed by atoms with Crippen LogP contribution in [0.2, 0.25) is 0 Å². The van der Waals surface area contributed by atoms with Gasteiger partial charge in [-0.15, -0.1) is 0 Å². The molecule has 0 fully saturated rings. The summed E-state index contributed by atoms with van der Waals surface area (Å²) in [5.74, 6) is -0.381. The van der Waals surface area contributed by atoms with Crippen molar-refractivity contribution in [2.45, 2.75) is 13.0 Å². The number of benzene rings is 2. The summed E-state index contributed by atoms with van der Waals surface area (Å²) in [6.07, 6.45) is -0.163. The van der Waals surface area contributed by atoms with Gasteiger partial charge in [-0.3, -0.25) is 10.1 Å². The van der Waals surface area contributed by atoms with Crippen molar-refractivity contribution in [3.8, 4) is 5.75 Å². The molecule has 7 heteroatoms.